The molecule has 116 valence electrons. The highest BCUT2D eigenvalue weighted by Gasteiger charge is 2.34. The summed E-state index contributed by atoms with van der Waals surface area (Å²) in [6.07, 6.45) is 6.09. The summed E-state index contributed by atoms with van der Waals surface area (Å²) < 4.78 is 0. The summed E-state index contributed by atoms with van der Waals surface area (Å²) >= 11 is 0. The second-order valence-electron chi connectivity index (χ2n) is 6.82. The molecule has 3 unspecified atom stereocenters. The molecular formula is C18H29N3. The highest BCUT2D eigenvalue weighted by atomic mass is 15.3. The van der Waals surface area contributed by atoms with Crippen LogP contribution < -0.4 is 10.6 Å². The van der Waals surface area contributed by atoms with Crippen molar-refractivity contribution in [1.29, 1.82) is 0 Å². The third kappa shape index (κ3) is 3.24. The molecule has 2 N–H and O–H groups in total. The van der Waals surface area contributed by atoms with Crippen LogP contribution in [0.2, 0.25) is 0 Å². The van der Waals surface area contributed by atoms with Crippen LogP contribution in [-0.2, 0) is 6.42 Å². The molecule has 2 aliphatic heterocycles. The normalized spacial score (nSPS) is 27.7. The van der Waals surface area contributed by atoms with Crippen LogP contribution in [0.4, 0.5) is 5.69 Å². The number of fused-ring (bicyclic) bond motifs is 2. The van der Waals surface area contributed by atoms with Gasteiger partial charge in [0.05, 0.1) is 0 Å². The minimum Gasteiger partial charge on any atom is -0.370 e. The molecule has 0 aromatic heterocycles. The minimum atomic E-state index is 0.290. The number of nitrogens with two attached hydrogens (primary N) is 1. The first kappa shape index (κ1) is 14.9. The molecule has 1 aromatic carbocycles. The maximum Gasteiger partial charge on any atom is 0.0366 e. The molecule has 3 heteroatoms. The fourth-order valence-electron chi connectivity index (χ4n) is 3.83. The second kappa shape index (κ2) is 6.37. The summed E-state index contributed by atoms with van der Waals surface area (Å²) in [5.74, 6) is 0. The van der Waals surface area contributed by atoms with Crippen LogP contribution in [0.25, 0.3) is 0 Å². The van der Waals surface area contributed by atoms with Gasteiger partial charge in [-0.3, -0.25) is 4.90 Å². The van der Waals surface area contributed by atoms with E-state index in [1.807, 2.05) is 0 Å². The van der Waals surface area contributed by atoms with Crippen molar-refractivity contribution in [1.82, 2.24) is 4.90 Å². The van der Waals surface area contributed by atoms with E-state index in [0.29, 0.717) is 6.04 Å². The van der Waals surface area contributed by atoms with E-state index >= 15 is 0 Å². The van der Waals surface area contributed by atoms with Gasteiger partial charge in [0.1, 0.15) is 0 Å². The zero-order valence-electron chi connectivity index (χ0n) is 13.5. The highest BCUT2D eigenvalue weighted by molar-refractivity contribution is 5.48. The first-order valence-corrected chi connectivity index (χ1v) is 8.48. The zero-order chi connectivity index (χ0) is 14.8. The van der Waals surface area contributed by atoms with Crippen LogP contribution in [0.1, 0.15) is 38.2 Å². The van der Waals surface area contributed by atoms with Crippen molar-refractivity contribution in [2.75, 3.05) is 25.0 Å². The molecule has 0 radical (unpaired) electrons. The lowest BCUT2D eigenvalue weighted by Crippen LogP contribution is -2.36. The maximum absolute atomic E-state index is 6.05. The van der Waals surface area contributed by atoms with Gasteiger partial charge in [-0.25, -0.2) is 0 Å². The predicted octanol–water partition coefficient (Wildman–Crippen LogP) is 2.64. The molecule has 2 heterocycles. The number of rotatable bonds is 4. The maximum atomic E-state index is 6.05. The van der Waals surface area contributed by atoms with Gasteiger partial charge in [-0.1, -0.05) is 19.1 Å². The Morgan fingerprint density at radius 2 is 1.86 bits per heavy atom. The molecule has 2 aliphatic rings. The van der Waals surface area contributed by atoms with Crippen LogP contribution in [-0.4, -0.2) is 43.2 Å². The molecule has 2 fully saturated rings. The lowest BCUT2D eigenvalue weighted by atomic mass is 10.0. The van der Waals surface area contributed by atoms with Gasteiger partial charge in [-0.05, 0) is 56.8 Å². The highest BCUT2D eigenvalue weighted by Crippen LogP contribution is 2.30. The molecule has 3 atom stereocenters. The zero-order valence-corrected chi connectivity index (χ0v) is 13.5. The van der Waals surface area contributed by atoms with Crippen LogP contribution >= 0.6 is 0 Å². The number of nitrogens with zero attached hydrogens (tertiary/aromatic N) is 2. The molecule has 2 saturated heterocycles. The lowest BCUT2D eigenvalue weighted by Gasteiger charge is -2.27. The van der Waals surface area contributed by atoms with Gasteiger partial charge in [0.25, 0.3) is 0 Å². The van der Waals surface area contributed by atoms with Gasteiger partial charge in [-0.2, -0.15) is 0 Å². The van der Waals surface area contributed by atoms with E-state index in [1.165, 1.54) is 43.6 Å². The summed E-state index contributed by atoms with van der Waals surface area (Å²) in [6, 6.07) is 10.9. The van der Waals surface area contributed by atoms with Crippen LogP contribution in [0.5, 0.6) is 0 Å². The van der Waals surface area contributed by atoms with E-state index in [-0.39, 0.29) is 0 Å². The third-order valence-corrected chi connectivity index (χ3v) is 5.47. The molecule has 3 nitrogen and oxygen atoms in total. The Hall–Kier alpha value is -1.06. The van der Waals surface area contributed by atoms with Crippen molar-refractivity contribution in [3.63, 3.8) is 0 Å². The van der Waals surface area contributed by atoms with Crippen LogP contribution in [0.3, 0.4) is 0 Å². The Bertz CT molecular complexity index is 456. The van der Waals surface area contributed by atoms with E-state index in [9.17, 15) is 0 Å². The topological polar surface area (TPSA) is 32.5 Å². The fraction of sp³-hybridized carbons (Fsp3) is 0.667. The van der Waals surface area contributed by atoms with Gasteiger partial charge < -0.3 is 10.6 Å². The molecule has 1 aromatic rings. The van der Waals surface area contributed by atoms with E-state index in [1.54, 1.807) is 0 Å². The second-order valence-corrected chi connectivity index (χ2v) is 6.82. The Balaban J connectivity index is 1.67. The quantitative estimate of drug-likeness (QED) is 0.924. The number of hydrogen-bond acceptors (Lipinski definition) is 3. The van der Waals surface area contributed by atoms with Gasteiger partial charge in [-0.15, -0.1) is 0 Å². The monoisotopic (exact) mass is 287 g/mol. The first-order valence-electron chi connectivity index (χ1n) is 8.48. The first-order chi connectivity index (χ1) is 10.2. The Kier molecular flexibility index (Phi) is 4.51. The SMILES string of the molecule is CCC(N)Cc1ccc(N2CCC3CCC(C2)N3C)cc1. The van der Waals surface area contributed by atoms with Gasteiger partial charge >= 0.3 is 0 Å². The molecule has 0 amide bonds. The summed E-state index contributed by atoms with van der Waals surface area (Å²) in [5, 5.41) is 0. The summed E-state index contributed by atoms with van der Waals surface area (Å²) in [7, 11) is 2.31. The van der Waals surface area contributed by atoms with Crippen molar-refractivity contribution in [2.24, 2.45) is 5.73 Å². The van der Waals surface area contributed by atoms with Crippen molar-refractivity contribution >= 4 is 5.69 Å². The minimum absolute atomic E-state index is 0.290. The molecule has 2 bridgehead atoms. The van der Waals surface area contributed by atoms with Gasteiger partial charge in [0.15, 0.2) is 0 Å². The number of hydrogen-bond donors (Lipinski definition) is 1. The van der Waals surface area contributed by atoms with E-state index < -0.39 is 0 Å². The smallest absolute Gasteiger partial charge is 0.0366 e. The van der Waals surface area contributed by atoms with E-state index in [0.717, 1.165) is 24.9 Å². The number of likely N-dealkylation sites (N-methyl/N-ethyl adjacent to an activating group) is 1. The fourth-order valence-corrected chi connectivity index (χ4v) is 3.83. The summed E-state index contributed by atoms with van der Waals surface area (Å²) in [4.78, 5) is 5.18. The predicted molar refractivity (Wildman–Crippen MR) is 89.8 cm³/mol. The molecule has 0 aliphatic carbocycles. The number of anilines is 1. The molecule has 3 rings (SSSR count). The van der Waals surface area contributed by atoms with Crippen LogP contribution in [0.15, 0.2) is 24.3 Å². The average Bonchev–Trinajstić information content (AvgIpc) is 2.73. The Labute approximate surface area is 129 Å². The lowest BCUT2D eigenvalue weighted by molar-refractivity contribution is 0.254. The van der Waals surface area contributed by atoms with Gasteiger partial charge in [0.2, 0.25) is 0 Å². The van der Waals surface area contributed by atoms with Crippen molar-refractivity contribution in [3.8, 4) is 0 Å². The largest absolute Gasteiger partial charge is 0.370 e. The average molecular weight is 287 g/mol. The third-order valence-electron chi connectivity index (χ3n) is 5.47. The molecule has 0 spiro atoms. The van der Waals surface area contributed by atoms with Gasteiger partial charge in [0, 0.05) is 36.9 Å². The van der Waals surface area contributed by atoms with Crippen molar-refractivity contribution in [2.45, 2.75) is 57.2 Å². The van der Waals surface area contributed by atoms with Crippen LogP contribution in [0, 0.1) is 0 Å². The molecular weight excluding hydrogens is 258 g/mol. The van der Waals surface area contributed by atoms with E-state index in [4.69, 9.17) is 5.73 Å². The summed E-state index contributed by atoms with van der Waals surface area (Å²) in [5.41, 5.74) is 8.79. The van der Waals surface area contributed by atoms with Crippen molar-refractivity contribution in [3.05, 3.63) is 29.8 Å². The van der Waals surface area contributed by atoms with E-state index in [2.05, 4.69) is 48.0 Å². The Morgan fingerprint density at radius 3 is 2.57 bits per heavy atom. The molecule has 21 heavy (non-hydrogen) atoms. The summed E-state index contributed by atoms with van der Waals surface area (Å²) in [6.45, 7) is 4.53. The van der Waals surface area contributed by atoms with Crippen molar-refractivity contribution < 1.29 is 0 Å². The molecule has 0 saturated carbocycles. The standard InChI is InChI=1S/C18H29N3/c1-3-15(19)12-14-4-6-17(7-5-14)21-11-10-16-8-9-18(13-21)20(16)2/h4-7,15-16,18H,3,8-13,19H2,1-2H3. The number of benzene rings is 1. The Morgan fingerprint density at radius 1 is 1.14 bits per heavy atom.